The number of hydrogen-bond donors (Lipinski definition) is 1. The molecule has 0 amide bonds. The van der Waals surface area contributed by atoms with Crippen molar-refractivity contribution in [2.24, 2.45) is 5.92 Å². The second-order valence-corrected chi connectivity index (χ2v) is 3.45. The van der Waals surface area contributed by atoms with E-state index in [-0.39, 0.29) is 0 Å². The van der Waals surface area contributed by atoms with Crippen LogP contribution >= 0.6 is 0 Å². The number of rotatable bonds is 2. The maximum atomic E-state index is 10.8. The van der Waals surface area contributed by atoms with Gasteiger partial charge in [0.1, 0.15) is 6.04 Å². The summed E-state index contributed by atoms with van der Waals surface area (Å²) in [6.45, 7) is 2.65. The predicted molar refractivity (Wildman–Crippen MR) is 46.8 cm³/mol. The lowest BCUT2D eigenvalue weighted by Crippen LogP contribution is -2.44. The summed E-state index contributed by atoms with van der Waals surface area (Å²) < 4.78 is 0. The summed E-state index contributed by atoms with van der Waals surface area (Å²) in [5, 5.41) is 17.5. The summed E-state index contributed by atoms with van der Waals surface area (Å²) in [7, 11) is 0. The molecule has 1 N–H and O–H groups in total. The van der Waals surface area contributed by atoms with Gasteiger partial charge in [0.25, 0.3) is 0 Å². The zero-order valence-electron chi connectivity index (χ0n) is 7.73. The molecule has 0 radical (unpaired) electrons. The predicted octanol–water partition coefficient (Wildman–Crippen LogP) is 1.04. The van der Waals surface area contributed by atoms with E-state index in [0.29, 0.717) is 18.9 Å². The average molecular weight is 182 g/mol. The molecule has 1 aliphatic rings. The summed E-state index contributed by atoms with van der Waals surface area (Å²) in [5.41, 5.74) is 0. The highest BCUT2D eigenvalue weighted by Gasteiger charge is 2.31. The van der Waals surface area contributed by atoms with Crippen LogP contribution in [-0.4, -0.2) is 28.6 Å². The first-order valence-electron chi connectivity index (χ1n) is 4.58. The van der Waals surface area contributed by atoms with Crippen molar-refractivity contribution in [3.05, 3.63) is 0 Å². The van der Waals surface area contributed by atoms with Gasteiger partial charge in [-0.25, -0.2) is 4.79 Å². The first-order chi connectivity index (χ1) is 6.19. The molecule has 13 heavy (non-hydrogen) atoms. The lowest BCUT2D eigenvalue weighted by atomic mass is 9.89. The van der Waals surface area contributed by atoms with Gasteiger partial charge in [-0.2, -0.15) is 5.26 Å². The summed E-state index contributed by atoms with van der Waals surface area (Å²) in [5.74, 6) is -0.412. The number of nitriles is 1. The number of likely N-dealkylation sites (tertiary alicyclic amines) is 1. The van der Waals surface area contributed by atoms with E-state index < -0.39 is 12.0 Å². The molecule has 0 aromatic rings. The summed E-state index contributed by atoms with van der Waals surface area (Å²) in [6.07, 6.45) is 4.48. The molecule has 0 bridgehead atoms. The second kappa shape index (κ2) is 4.13. The van der Waals surface area contributed by atoms with E-state index in [1.54, 1.807) is 0 Å². The summed E-state index contributed by atoms with van der Waals surface area (Å²) >= 11 is 0. The summed E-state index contributed by atoms with van der Waals surface area (Å²) in [6, 6.07) is -0.594. The van der Waals surface area contributed by atoms with Gasteiger partial charge in [0.2, 0.25) is 0 Å². The Hall–Kier alpha value is -1.24. The molecule has 4 nitrogen and oxygen atoms in total. The molecule has 1 rings (SSSR count). The zero-order valence-corrected chi connectivity index (χ0v) is 7.73. The molecule has 4 heteroatoms. The topological polar surface area (TPSA) is 64.3 Å². The lowest BCUT2D eigenvalue weighted by Gasteiger charge is -2.32. The monoisotopic (exact) mass is 182 g/mol. The quantitative estimate of drug-likeness (QED) is 0.648. The molecule has 72 valence electrons. The Labute approximate surface area is 77.8 Å². The van der Waals surface area contributed by atoms with Crippen LogP contribution in [0.4, 0.5) is 0 Å². The van der Waals surface area contributed by atoms with E-state index in [1.165, 1.54) is 4.90 Å². The average Bonchev–Trinajstić information content (AvgIpc) is 2.16. The molecule has 1 aliphatic heterocycles. The van der Waals surface area contributed by atoms with E-state index in [9.17, 15) is 4.79 Å². The van der Waals surface area contributed by atoms with Crippen LogP contribution in [0.5, 0.6) is 0 Å². The highest BCUT2D eigenvalue weighted by molar-refractivity contribution is 5.73. The van der Waals surface area contributed by atoms with Crippen molar-refractivity contribution in [1.29, 1.82) is 5.26 Å². The third kappa shape index (κ3) is 2.11. The van der Waals surface area contributed by atoms with Crippen molar-refractivity contribution in [3.8, 4) is 6.19 Å². The number of carbonyl (C=O) groups is 1. The Morgan fingerprint density at radius 3 is 2.92 bits per heavy atom. The number of hydrogen-bond acceptors (Lipinski definition) is 3. The van der Waals surface area contributed by atoms with E-state index in [1.807, 2.05) is 6.19 Å². The van der Waals surface area contributed by atoms with Crippen LogP contribution in [0.1, 0.15) is 26.2 Å². The highest BCUT2D eigenvalue weighted by Crippen LogP contribution is 2.24. The van der Waals surface area contributed by atoms with Crippen LogP contribution in [0.25, 0.3) is 0 Å². The maximum Gasteiger partial charge on any atom is 0.327 e. The fraction of sp³-hybridized carbons (Fsp3) is 0.778. The minimum absolute atomic E-state index is 0.464. The normalized spacial score (nSPS) is 28.2. The van der Waals surface area contributed by atoms with Crippen LogP contribution in [0.2, 0.25) is 0 Å². The fourth-order valence-corrected chi connectivity index (χ4v) is 1.76. The van der Waals surface area contributed by atoms with Gasteiger partial charge in [-0.3, -0.25) is 4.90 Å². The Balaban J connectivity index is 2.64. The van der Waals surface area contributed by atoms with Crippen molar-refractivity contribution < 1.29 is 9.90 Å². The number of carboxylic acid groups (broad SMARTS) is 1. The van der Waals surface area contributed by atoms with Crippen molar-refractivity contribution in [2.45, 2.75) is 32.2 Å². The molecule has 0 saturated carbocycles. The van der Waals surface area contributed by atoms with Gasteiger partial charge in [-0.05, 0) is 18.8 Å². The number of carboxylic acids is 1. The molecule has 0 spiro atoms. The molecule has 1 saturated heterocycles. The lowest BCUT2D eigenvalue weighted by molar-refractivity contribution is -0.143. The van der Waals surface area contributed by atoms with Crippen molar-refractivity contribution >= 4 is 5.97 Å². The third-order valence-electron chi connectivity index (χ3n) is 2.70. The third-order valence-corrected chi connectivity index (χ3v) is 2.70. The smallest absolute Gasteiger partial charge is 0.327 e. The Kier molecular flexibility index (Phi) is 3.13. The summed E-state index contributed by atoms with van der Waals surface area (Å²) in [4.78, 5) is 12.2. The first kappa shape index (κ1) is 9.85. The minimum Gasteiger partial charge on any atom is -0.480 e. The van der Waals surface area contributed by atoms with Gasteiger partial charge < -0.3 is 5.11 Å². The Morgan fingerprint density at radius 2 is 2.46 bits per heavy atom. The minimum atomic E-state index is -0.875. The van der Waals surface area contributed by atoms with Gasteiger partial charge >= 0.3 is 5.97 Å². The van der Waals surface area contributed by atoms with Gasteiger partial charge in [0.05, 0.1) is 0 Å². The standard InChI is InChI=1S/C9H14N2O2/c1-2-7-3-4-11(6-10)8(5-7)9(12)13/h7-8H,2-5H2,1H3,(H,12,13). The molecule has 2 unspecified atom stereocenters. The van der Waals surface area contributed by atoms with E-state index >= 15 is 0 Å². The van der Waals surface area contributed by atoms with Crippen LogP contribution in [0.15, 0.2) is 0 Å². The Bertz CT molecular complexity index is 234. The van der Waals surface area contributed by atoms with Crippen LogP contribution in [-0.2, 0) is 4.79 Å². The highest BCUT2D eigenvalue weighted by atomic mass is 16.4. The molecule has 0 aliphatic carbocycles. The Morgan fingerprint density at radius 1 is 1.77 bits per heavy atom. The largest absolute Gasteiger partial charge is 0.480 e. The molecule has 1 heterocycles. The molecule has 0 aromatic carbocycles. The van der Waals surface area contributed by atoms with Crippen molar-refractivity contribution in [2.75, 3.05) is 6.54 Å². The molecular weight excluding hydrogens is 168 g/mol. The van der Waals surface area contributed by atoms with Crippen LogP contribution < -0.4 is 0 Å². The van der Waals surface area contributed by atoms with Gasteiger partial charge in [-0.1, -0.05) is 13.3 Å². The SMILES string of the molecule is CCC1CCN(C#N)C(C(=O)O)C1. The van der Waals surface area contributed by atoms with E-state index in [2.05, 4.69) is 6.92 Å². The van der Waals surface area contributed by atoms with Gasteiger partial charge in [0.15, 0.2) is 6.19 Å². The van der Waals surface area contributed by atoms with Crippen LogP contribution in [0.3, 0.4) is 0 Å². The maximum absolute atomic E-state index is 10.8. The molecule has 2 atom stereocenters. The van der Waals surface area contributed by atoms with E-state index in [4.69, 9.17) is 10.4 Å². The van der Waals surface area contributed by atoms with Crippen molar-refractivity contribution in [1.82, 2.24) is 4.90 Å². The second-order valence-electron chi connectivity index (χ2n) is 3.45. The first-order valence-corrected chi connectivity index (χ1v) is 4.58. The molecular formula is C9H14N2O2. The van der Waals surface area contributed by atoms with Crippen LogP contribution in [0, 0.1) is 17.4 Å². The van der Waals surface area contributed by atoms with Gasteiger partial charge in [-0.15, -0.1) is 0 Å². The molecule has 1 fully saturated rings. The zero-order chi connectivity index (χ0) is 9.84. The van der Waals surface area contributed by atoms with E-state index in [0.717, 1.165) is 12.8 Å². The van der Waals surface area contributed by atoms with Gasteiger partial charge in [0, 0.05) is 6.54 Å². The number of nitrogens with zero attached hydrogens (tertiary/aromatic N) is 2. The number of aliphatic carboxylic acids is 1. The number of piperidine rings is 1. The fourth-order valence-electron chi connectivity index (χ4n) is 1.76. The van der Waals surface area contributed by atoms with Crippen molar-refractivity contribution in [3.63, 3.8) is 0 Å². The molecule has 0 aromatic heterocycles.